The third-order valence-corrected chi connectivity index (χ3v) is 8.73. The van der Waals surface area contributed by atoms with Crippen molar-refractivity contribution >= 4 is 75.1 Å². The molecule has 0 unspecified atom stereocenters. The average Bonchev–Trinajstić information content (AvgIpc) is 3.63. The monoisotopic (exact) mass is 533 g/mol. The van der Waals surface area contributed by atoms with Crippen molar-refractivity contribution in [2.24, 2.45) is 0 Å². The molecule has 9 rings (SSSR count). The number of fused-ring (bicyclic) bond motifs is 11. The van der Waals surface area contributed by atoms with Crippen molar-refractivity contribution in [2.75, 3.05) is 0 Å². The van der Waals surface area contributed by atoms with E-state index in [0.29, 0.717) is 17.0 Å². The highest BCUT2D eigenvalue weighted by molar-refractivity contribution is 7.27. The topological polar surface area (TPSA) is 43.6 Å². The van der Waals surface area contributed by atoms with Crippen LogP contribution in [0.2, 0.25) is 0 Å². The summed E-state index contributed by atoms with van der Waals surface area (Å²) >= 11 is 1.76. The Balaban J connectivity index is 1.51. The average molecular weight is 534 g/mol. The lowest BCUT2D eigenvalue weighted by molar-refractivity contribution is 1.01. The first-order valence-corrected chi connectivity index (χ1v) is 13.7. The molecule has 0 saturated carbocycles. The lowest BCUT2D eigenvalue weighted by Gasteiger charge is -2.12. The van der Waals surface area contributed by atoms with E-state index in [9.17, 15) is 0 Å². The first kappa shape index (κ1) is 17.5. The van der Waals surface area contributed by atoms with Gasteiger partial charge in [-0.25, -0.2) is 9.97 Å². The van der Waals surface area contributed by atoms with Crippen LogP contribution in [0.4, 0.5) is 0 Å². The summed E-state index contributed by atoms with van der Waals surface area (Å²) < 4.78 is 46.7. The molecule has 0 N–H and O–H groups in total. The van der Waals surface area contributed by atoms with Crippen molar-refractivity contribution in [1.82, 2.24) is 19.5 Å². The van der Waals surface area contributed by atoms with Crippen molar-refractivity contribution in [2.45, 2.75) is 0 Å². The van der Waals surface area contributed by atoms with Gasteiger partial charge in [0, 0.05) is 53.5 Å². The fraction of sp³-hybridized carbons (Fsp3) is 0. The second kappa shape index (κ2) is 8.18. The minimum Gasteiger partial charge on any atom is -0.277 e. The summed E-state index contributed by atoms with van der Waals surface area (Å²) in [5.74, 6) is 0.305. The van der Waals surface area contributed by atoms with Crippen LogP contribution in [0.5, 0.6) is 0 Å². The van der Waals surface area contributed by atoms with Crippen LogP contribution in [-0.4, -0.2) is 19.5 Å². The van der Waals surface area contributed by atoms with Gasteiger partial charge in [-0.15, -0.1) is 11.3 Å². The van der Waals surface area contributed by atoms with Crippen molar-refractivity contribution in [3.8, 4) is 17.2 Å². The maximum absolute atomic E-state index is 8.75. The molecule has 0 amide bonds. The summed E-state index contributed by atoms with van der Waals surface area (Å²) in [6.45, 7) is 0. The van der Waals surface area contributed by atoms with Crippen LogP contribution in [-0.2, 0) is 0 Å². The van der Waals surface area contributed by atoms with Crippen molar-refractivity contribution in [1.29, 1.82) is 0 Å². The zero-order valence-electron chi connectivity index (χ0n) is 25.9. The van der Waals surface area contributed by atoms with Crippen molar-refractivity contribution in [3.05, 3.63) is 121 Å². The zero-order chi connectivity index (χ0) is 30.6. The highest BCUT2D eigenvalue weighted by Crippen LogP contribution is 2.47. The first-order chi connectivity index (χ1) is 21.9. The smallest absolute Gasteiger partial charge is 0.237 e. The molecule has 5 aromatic carbocycles. The number of thiophene rings is 1. The molecule has 5 heteroatoms. The Kier molecular flexibility index (Phi) is 3.57. The van der Waals surface area contributed by atoms with Crippen LogP contribution in [0.15, 0.2) is 121 Å². The molecule has 0 aliphatic heterocycles. The van der Waals surface area contributed by atoms with E-state index < -0.39 is 18.1 Å². The molecule has 4 nitrogen and oxygen atoms in total. The number of pyridine rings is 1. The Bertz CT molecular complexity index is 2700. The van der Waals surface area contributed by atoms with E-state index in [0.717, 1.165) is 32.6 Å². The van der Waals surface area contributed by atoms with E-state index in [1.165, 1.54) is 20.2 Å². The van der Waals surface area contributed by atoms with Gasteiger partial charge in [0.1, 0.15) is 0 Å². The molecule has 0 spiro atoms. The van der Waals surface area contributed by atoms with Gasteiger partial charge in [-0.2, -0.15) is 4.98 Å². The van der Waals surface area contributed by atoms with Crippen LogP contribution >= 0.6 is 11.3 Å². The molecule has 0 saturated heterocycles. The van der Waals surface area contributed by atoms with Crippen LogP contribution in [0, 0.1) is 0 Å². The van der Waals surface area contributed by atoms with Crippen molar-refractivity contribution in [3.63, 3.8) is 0 Å². The van der Waals surface area contributed by atoms with Gasteiger partial charge in [0.25, 0.3) is 0 Å². The quantitative estimate of drug-likeness (QED) is 0.222. The molecule has 0 aliphatic carbocycles. The lowest BCUT2D eigenvalue weighted by atomic mass is 10.00. The van der Waals surface area contributed by atoms with Gasteiger partial charge in [-0.05, 0) is 29.7 Å². The summed E-state index contributed by atoms with van der Waals surface area (Å²) in [7, 11) is 0. The molecule has 0 radical (unpaired) electrons. The van der Waals surface area contributed by atoms with Gasteiger partial charge in [0.15, 0.2) is 5.65 Å². The highest BCUT2D eigenvalue weighted by Gasteiger charge is 2.23. The molecule has 0 bridgehead atoms. The number of aromatic nitrogens is 4. The third kappa shape index (κ3) is 2.92. The summed E-state index contributed by atoms with van der Waals surface area (Å²) in [5.41, 5.74) is 2.44. The largest absolute Gasteiger partial charge is 0.277 e. The Morgan fingerprint density at radius 2 is 1.38 bits per heavy atom. The van der Waals surface area contributed by atoms with E-state index in [4.69, 9.17) is 16.8 Å². The molecule has 9 aromatic rings. The Morgan fingerprint density at radius 3 is 2.25 bits per heavy atom. The fourth-order valence-electron chi connectivity index (χ4n) is 5.94. The van der Waals surface area contributed by atoms with Gasteiger partial charge in [0.2, 0.25) is 5.95 Å². The molecule has 186 valence electrons. The summed E-state index contributed by atoms with van der Waals surface area (Å²) in [6, 6.07) is 26.6. The Morgan fingerprint density at radius 1 is 0.650 bits per heavy atom. The molecule has 4 heterocycles. The Labute approximate surface area is 239 Å². The SMILES string of the molecule is [2H]c1c([2H])c([2H])c(-c2nc(-n3c4ccccc4c4c5sc6ccccc6c5c5ccccc5c43)nc3ncccc23)c([2H])c1[2H]. The van der Waals surface area contributed by atoms with Crippen LogP contribution in [0.1, 0.15) is 6.85 Å². The normalized spacial score (nSPS) is 13.8. The van der Waals surface area contributed by atoms with E-state index >= 15 is 0 Å². The third-order valence-electron chi connectivity index (χ3n) is 7.55. The second-order valence-electron chi connectivity index (χ2n) is 9.67. The van der Waals surface area contributed by atoms with Crippen LogP contribution in [0.25, 0.3) is 81.0 Å². The predicted molar refractivity (Wildman–Crippen MR) is 168 cm³/mol. The standard InChI is InChI=1S/C35H20N4S/c1-2-11-21(12-3-1)31-26-17-10-20-36-34(26)38-35(37-31)39-27-18-8-6-15-24(27)30-32(39)23-14-5-4-13-22(23)29-25-16-7-9-19-28(25)40-33(29)30/h1-20H/i1D,2D,3D,11D,12D. The summed E-state index contributed by atoms with van der Waals surface area (Å²) in [4.78, 5) is 14.5. The van der Waals surface area contributed by atoms with E-state index in [1.807, 2.05) is 28.8 Å². The number of benzene rings is 5. The van der Waals surface area contributed by atoms with Crippen molar-refractivity contribution < 1.29 is 6.85 Å². The fourth-order valence-corrected chi connectivity index (χ4v) is 7.22. The molecular formula is C35H20N4S. The maximum Gasteiger partial charge on any atom is 0.237 e. The zero-order valence-corrected chi connectivity index (χ0v) is 21.7. The van der Waals surface area contributed by atoms with E-state index in [2.05, 4.69) is 53.5 Å². The predicted octanol–water partition coefficient (Wildman–Crippen LogP) is 9.31. The number of hydrogen-bond donors (Lipinski definition) is 0. The maximum atomic E-state index is 8.75. The Hall–Kier alpha value is -5.13. The van der Waals surface area contributed by atoms with Gasteiger partial charge in [-0.3, -0.25) is 4.57 Å². The molecule has 4 aromatic heterocycles. The van der Waals surface area contributed by atoms with E-state index in [1.54, 1.807) is 29.7 Å². The minimum atomic E-state index is -0.452. The van der Waals surface area contributed by atoms with E-state index in [-0.39, 0.29) is 23.3 Å². The summed E-state index contributed by atoms with van der Waals surface area (Å²) in [6.07, 6.45) is 1.63. The second-order valence-corrected chi connectivity index (χ2v) is 10.7. The molecule has 0 atom stereocenters. The van der Waals surface area contributed by atoms with Gasteiger partial charge in [-0.1, -0.05) is 90.9 Å². The van der Waals surface area contributed by atoms with Crippen LogP contribution in [0.3, 0.4) is 0 Å². The highest BCUT2D eigenvalue weighted by atomic mass is 32.1. The number of para-hydroxylation sites is 1. The van der Waals surface area contributed by atoms with Gasteiger partial charge >= 0.3 is 0 Å². The molecule has 40 heavy (non-hydrogen) atoms. The minimum absolute atomic E-state index is 0.0140. The van der Waals surface area contributed by atoms with Gasteiger partial charge in [0.05, 0.1) is 23.6 Å². The molecule has 0 aliphatic rings. The van der Waals surface area contributed by atoms with Gasteiger partial charge < -0.3 is 0 Å². The van der Waals surface area contributed by atoms with Crippen LogP contribution < -0.4 is 0 Å². The molecular weight excluding hydrogens is 508 g/mol. The molecule has 0 fully saturated rings. The number of nitrogens with zero attached hydrogens (tertiary/aromatic N) is 4. The summed E-state index contributed by atoms with van der Waals surface area (Å²) in [5, 5.41) is 7.21. The number of hydrogen-bond acceptors (Lipinski definition) is 4. The lowest BCUT2D eigenvalue weighted by Crippen LogP contribution is -2.04. The number of rotatable bonds is 2. The first-order valence-electron chi connectivity index (χ1n) is 15.4.